The van der Waals surface area contributed by atoms with Gasteiger partial charge in [0.05, 0.1) is 12.4 Å². The largest absolute Gasteiger partial charge is 0.354 e. The van der Waals surface area contributed by atoms with Crippen LogP contribution in [0.1, 0.15) is 0 Å². The van der Waals surface area contributed by atoms with Gasteiger partial charge in [-0.3, -0.25) is 0 Å². The minimum atomic E-state index is 1.12. The Morgan fingerprint density at radius 2 is 1.65 bits per heavy atom. The predicted molar refractivity (Wildman–Crippen MR) is 68.9 cm³/mol. The van der Waals surface area contributed by atoms with Crippen LogP contribution in [0.3, 0.4) is 0 Å². The molecule has 3 nitrogen and oxygen atoms in total. The SMILES string of the molecule is c1ccc2c(c1)[nH]c1ccc3cnncc3c12. The number of fused-ring (bicyclic) bond motifs is 5. The maximum atomic E-state index is 3.99. The molecule has 2 aromatic carbocycles. The zero-order valence-electron chi connectivity index (χ0n) is 9.01. The summed E-state index contributed by atoms with van der Waals surface area (Å²) in [7, 11) is 0. The van der Waals surface area contributed by atoms with Crippen molar-refractivity contribution in [3.05, 3.63) is 48.8 Å². The minimum Gasteiger partial charge on any atom is -0.354 e. The molecule has 0 amide bonds. The molecule has 0 aliphatic carbocycles. The number of aromatic amines is 1. The second-order valence-electron chi connectivity index (χ2n) is 4.15. The molecular weight excluding hydrogens is 210 g/mol. The first-order valence-corrected chi connectivity index (χ1v) is 5.53. The highest BCUT2D eigenvalue weighted by molar-refractivity contribution is 6.19. The van der Waals surface area contributed by atoms with E-state index in [2.05, 4.69) is 45.5 Å². The molecule has 0 saturated heterocycles. The Morgan fingerprint density at radius 3 is 2.65 bits per heavy atom. The van der Waals surface area contributed by atoms with Crippen LogP contribution in [0.25, 0.3) is 32.6 Å². The first kappa shape index (κ1) is 8.70. The molecule has 0 atom stereocenters. The van der Waals surface area contributed by atoms with Crippen LogP contribution in [-0.2, 0) is 0 Å². The number of hydrogen-bond acceptors (Lipinski definition) is 2. The average molecular weight is 219 g/mol. The molecule has 3 heteroatoms. The Hall–Kier alpha value is -2.42. The first-order chi connectivity index (χ1) is 8.43. The fraction of sp³-hybridized carbons (Fsp3) is 0. The third-order valence-electron chi connectivity index (χ3n) is 3.20. The van der Waals surface area contributed by atoms with Crippen molar-refractivity contribution in [2.45, 2.75) is 0 Å². The quantitative estimate of drug-likeness (QED) is 0.493. The second kappa shape index (κ2) is 3.04. The van der Waals surface area contributed by atoms with E-state index in [4.69, 9.17) is 0 Å². The van der Waals surface area contributed by atoms with Crippen molar-refractivity contribution < 1.29 is 0 Å². The molecule has 2 aromatic heterocycles. The van der Waals surface area contributed by atoms with Gasteiger partial charge < -0.3 is 4.98 Å². The van der Waals surface area contributed by atoms with E-state index in [0.717, 1.165) is 21.8 Å². The van der Waals surface area contributed by atoms with E-state index in [0.29, 0.717) is 0 Å². The lowest BCUT2D eigenvalue weighted by atomic mass is 10.1. The van der Waals surface area contributed by atoms with Crippen molar-refractivity contribution >= 4 is 32.6 Å². The number of nitrogens with zero attached hydrogens (tertiary/aromatic N) is 2. The van der Waals surface area contributed by atoms with Gasteiger partial charge in [-0.15, -0.1) is 0 Å². The van der Waals surface area contributed by atoms with Crippen LogP contribution in [0, 0.1) is 0 Å². The van der Waals surface area contributed by atoms with Crippen LogP contribution in [-0.4, -0.2) is 15.2 Å². The van der Waals surface area contributed by atoms with Gasteiger partial charge in [-0.25, -0.2) is 0 Å². The maximum Gasteiger partial charge on any atom is 0.0581 e. The van der Waals surface area contributed by atoms with E-state index in [-0.39, 0.29) is 0 Å². The standard InChI is InChI=1S/C14H9N3/c1-2-4-12-10(3-1)14-11-8-16-15-7-9(11)5-6-13(14)17-12/h1-8,17H. The Bertz CT molecular complexity index is 840. The van der Waals surface area contributed by atoms with Crippen molar-refractivity contribution in [2.24, 2.45) is 0 Å². The van der Waals surface area contributed by atoms with Gasteiger partial charge >= 0.3 is 0 Å². The van der Waals surface area contributed by atoms with Gasteiger partial charge in [0.1, 0.15) is 0 Å². The number of rotatable bonds is 0. The summed E-state index contributed by atoms with van der Waals surface area (Å²) in [6.07, 6.45) is 3.63. The lowest BCUT2D eigenvalue weighted by Crippen LogP contribution is -1.80. The lowest BCUT2D eigenvalue weighted by Gasteiger charge is -1.98. The molecule has 0 spiro atoms. The number of para-hydroxylation sites is 1. The van der Waals surface area contributed by atoms with E-state index < -0.39 is 0 Å². The van der Waals surface area contributed by atoms with Crippen LogP contribution in [0.15, 0.2) is 48.8 Å². The normalized spacial score (nSPS) is 11.5. The minimum absolute atomic E-state index is 1.12. The smallest absolute Gasteiger partial charge is 0.0581 e. The molecule has 2 heterocycles. The number of aromatic nitrogens is 3. The average Bonchev–Trinajstić information content (AvgIpc) is 2.77. The molecule has 0 radical (unpaired) electrons. The van der Waals surface area contributed by atoms with Gasteiger partial charge in [0, 0.05) is 32.6 Å². The third kappa shape index (κ3) is 1.11. The molecule has 0 unspecified atom stereocenters. The topological polar surface area (TPSA) is 41.6 Å². The second-order valence-corrected chi connectivity index (χ2v) is 4.15. The Balaban J connectivity index is 2.38. The molecule has 4 aromatic rings. The summed E-state index contributed by atoms with van der Waals surface area (Å²) >= 11 is 0. The summed E-state index contributed by atoms with van der Waals surface area (Å²) in [5.41, 5.74) is 2.30. The monoisotopic (exact) mass is 219 g/mol. The third-order valence-corrected chi connectivity index (χ3v) is 3.20. The molecule has 80 valence electrons. The van der Waals surface area contributed by atoms with Gasteiger partial charge in [0.25, 0.3) is 0 Å². The van der Waals surface area contributed by atoms with E-state index >= 15 is 0 Å². The number of nitrogens with one attached hydrogen (secondary N) is 1. The summed E-state index contributed by atoms with van der Waals surface area (Å²) in [6, 6.07) is 12.5. The summed E-state index contributed by atoms with van der Waals surface area (Å²) in [4.78, 5) is 3.42. The van der Waals surface area contributed by atoms with Gasteiger partial charge in [-0.2, -0.15) is 10.2 Å². The molecule has 0 aliphatic heterocycles. The van der Waals surface area contributed by atoms with Gasteiger partial charge in [0.15, 0.2) is 0 Å². The van der Waals surface area contributed by atoms with Gasteiger partial charge in [-0.05, 0) is 12.1 Å². The van der Waals surface area contributed by atoms with E-state index in [9.17, 15) is 0 Å². The summed E-state index contributed by atoms with van der Waals surface area (Å²) in [5, 5.41) is 12.6. The van der Waals surface area contributed by atoms with Crippen LogP contribution in [0.5, 0.6) is 0 Å². The summed E-state index contributed by atoms with van der Waals surface area (Å²) in [5.74, 6) is 0. The maximum absolute atomic E-state index is 3.99. The van der Waals surface area contributed by atoms with Crippen molar-refractivity contribution in [1.82, 2.24) is 15.2 Å². The predicted octanol–water partition coefficient (Wildman–Crippen LogP) is 3.26. The van der Waals surface area contributed by atoms with Gasteiger partial charge in [0.2, 0.25) is 0 Å². The van der Waals surface area contributed by atoms with Crippen molar-refractivity contribution in [1.29, 1.82) is 0 Å². The highest BCUT2D eigenvalue weighted by Gasteiger charge is 2.07. The fourth-order valence-corrected chi connectivity index (χ4v) is 2.42. The van der Waals surface area contributed by atoms with Crippen molar-refractivity contribution in [3.8, 4) is 0 Å². The van der Waals surface area contributed by atoms with Crippen LogP contribution < -0.4 is 0 Å². The van der Waals surface area contributed by atoms with Crippen LogP contribution >= 0.6 is 0 Å². The highest BCUT2D eigenvalue weighted by atomic mass is 15.1. The molecular formula is C14H9N3. The van der Waals surface area contributed by atoms with E-state index in [1.165, 1.54) is 10.8 Å². The van der Waals surface area contributed by atoms with Crippen LogP contribution in [0.2, 0.25) is 0 Å². The molecule has 17 heavy (non-hydrogen) atoms. The summed E-state index contributed by atoms with van der Waals surface area (Å²) in [6.45, 7) is 0. The number of hydrogen-bond donors (Lipinski definition) is 1. The van der Waals surface area contributed by atoms with E-state index in [1.54, 1.807) is 6.20 Å². The first-order valence-electron chi connectivity index (χ1n) is 5.53. The van der Waals surface area contributed by atoms with E-state index in [1.807, 2.05) is 12.3 Å². The lowest BCUT2D eigenvalue weighted by molar-refractivity contribution is 1.05. The van der Waals surface area contributed by atoms with Crippen molar-refractivity contribution in [2.75, 3.05) is 0 Å². The molecule has 0 aliphatic rings. The fourth-order valence-electron chi connectivity index (χ4n) is 2.42. The molecule has 4 rings (SSSR count). The molecule has 0 bridgehead atoms. The molecule has 0 saturated carbocycles. The zero-order chi connectivity index (χ0) is 11.2. The number of H-pyrrole nitrogens is 1. The Morgan fingerprint density at radius 1 is 0.765 bits per heavy atom. The highest BCUT2D eigenvalue weighted by Crippen LogP contribution is 2.30. The summed E-state index contributed by atoms with van der Waals surface area (Å²) < 4.78 is 0. The Labute approximate surface area is 97.1 Å². The number of benzene rings is 2. The molecule has 1 N–H and O–H groups in total. The van der Waals surface area contributed by atoms with Crippen LogP contribution in [0.4, 0.5) is 0 Å². The van der Waals surface area contributed by atoms with Gasteiger partial charge in [-0.1, -0.05) is 24.3 Å². The molecule has 0 fully saturated rings. The zero-order valence-corrected chi connectivity index (χ0v) is 9.01. The van der Waals surface area contributed by atoms with Crippen molar-refractivity contribution in [3.63, 3.8) is 0 Å². The Kier molecular flexibility index (Phi) is 1.56.